The number of carbonyl (C=O) groups is 2. The molecule has 0 aliphatic heterocycles. The zero-order valence-corrected chi connectivity index (χ0v) is 16.2. The van der Waals surface area contributed by atoms with E-state index in [9.17, 15) is 9.59 Å². The van der Waals surface area contributed by atoms with Gasteiger partial charge < -0.3 is 5.32 Å². The summed E-state index contributed by atoms with van der Waals surface area (Å²) >= 11 is 12.3. The van der Waals surface area contributed by atoms with Gasteiger partial charge in [-0.05, 0) is 47.5 Å². The highest BCUT2D eigenvalue weighted by Crippen LogP contribution is 2.33. The number of carbonyl (C=O) groups excluding carboxylic acids is 2. The Balaban J connectivity index is 1.58. The van der Waals surface area contributed by atoms with Gasteiger partial charge in [-0.3, -0.25) is 9.59 Å². The lowest BCUT2D eigenvalue weighted by molar-refractivity contribution is 0.102. The van der Waals surface area contributed by atoms with Crippen molar-refractivity contribution in [2.45, 2.75) is 6.42 Å². The number of anilines is 1. The van der Waals surface area contributed by atoms with Crippen molar-refractivity contribution in [3.63, 3.8) is 0 Å². The van der Waals surface area contributed by atoms with Crippen LogP contribution in [0, 0.1) is 0 Å². The Morgan fingerprint density at radius 3 is 2.46 bits per heavy atom. The van der Waals surface area contributed by atoms with Crippen molar-refractivity contribution < 1.29 is 9.59 Å². The Bertz CT molecular complexity index is 1130. The number of ketones is 1. The topological polar surface area (TPSA) is 46.2 Å². The molecule has 0 radical (unpaired) electrons. The van der Waals surface area contributed by atoms with Gasteiger partial charge in [0.1, 0.15) is 0 Å². The summed E-state index contributed by atoms with van der Waals surface area (Å²) < 4.78 is 0. The van der Waals surface area contributed by atoms with Crippen LogP contribution in [-0.2, 0) is 6.42 Å². The fourth-order valence-electron chi connectivity index (χ4n) is 3.26. The first-order valence-electron chi connectivity index (χ1n) is 8.71. The van der Waals surface area contributed by atoms with Gasteiger partial charge in [0.25, 0.3) is 5.91 Å². The minimum absolute atomic E-state index is 0.0111. The summed E-state index contributed by atoms with van der Waals surface area (Å²) in [6.45, 7) is 0. The van der Waals surface area contributed by atoms with Crippen molar-refractivity contribution in [2.75, 3.05) is 5.32 Å². The van der Waals surface area contributed by atoms with Crippen LogP contribution in [0.4, 0.5) is 5.69 Å². The zero-order chi connectivity index (χ0) is 19.7. The van der Waals surface area contributed by atoms with Gasteiger partial charge in [-0.2, -0.15) is 0 Å². The van der Waals surface area contributed by atoms with Crippen LogP contribution in [0.5, 0.6) is 0 Å². The quantitative estimate of drug-likeness (QED) is 0.535. The van der Waals surface area contributed by atoms with Crippen LogP contribution >= 0.6 is 23.2 Å². The van der Waals surface area contributed by atoms with Crippen LogP contribution in [0.2, 0.25) is 10.0 Å². The summed E-state index contributed by atoms with van der Waals surface area (Å²) in [4.78, 5) is 25.1. The molecule has 0 atom stereocenters. The molecule has 1 aliphatic rings. The van der Waals surface area contributed by atoms with E-state index in [1.807, 2.05) is 24.3 Å². The summed E-state index contributed by atoms with van der Waals surface area (Å²) in [7, 11) is 0. The first kappa shape index (κ1) is 18.5. The maximum absolute atomic E-state index is 12.6. The number of allylic oxidation sites excluding steroid dienone is 1. The van der Waals surface area contributed by atoms with Crippen LogP contribution in [0.25, 0.3) is 6.08 Å². The summed E-state index contributed by atoms with van der Waals surface area (Å²) in [5, 5.41) is 3.84. The first-order chi connectivity index (χ1) is 13.5. The number of Topliss-reactive ketones (excluding diaryl/α,β-unsaturated/α-hetero) is 1. The molecular weight excluding hydrogens is 393 g/mol. The fourth-order valence-corrected chi connectivity index (χ4v) is 3.73. The monoisotopic (exact) mass is 407 g/mol. The van der Waals surface area contributed by atoms with Crippen molar-refractivity contribution in [3.8, 4) is 0 Å². The number of hydrogen-bond acceptors (Lipinski definition) is 2. The number of benzene rings is 3. The van der Waals surface area contributed by atoms with Crippen LogP contribution < -0.4 is 5.32 Å². The average molecular weight is 408 g/mol. The molecule has 3 aromatic rings. The summed E-state index contributed by atoms with van der Waals surface area (Å²) in [6, 6.07) is 19.6. The fraction of sp³-hybridized carbons (Fsp3) is 0.0435. The van der Waals surface area contributed by atoms with E-state index in [-0.39, 0.29) is 11.7 Å². The van der Waals surface area contributed by atoms with Gasteiger partial charge in [0.05, 0.1) is 10.6 Å². The Hall–Kier alpha value is -2.88. The summed E-state index contributed by atoms with van der Waals surface area (Å²) in [6.07, 6.45) is 2.34. The molecule has 28 heavy (non-hydrogen) atoms. The number of hydrogen-bond donors (Lipinski definition) is 1. The van der Waals surface area contributed by atoms with Crippen LogP contribution in [0.3, 0.4) is 0 Å². The Kier molecular flexibility index (Phi) is 5.03. The number of rotatable bonds is 3. The van der Waals surface area contributed by atoms with E-state index in [1.165, 1.54) is 0 Å². The maximum atomic E-state index is 12.6. The molecule has 1 amide bonds. The summed E-state index contributed by atoms with van der Waals surface area (Å²) in [5.41, 5.74) is 4.05. The third kappa shape index (κ3) is 3.59. The standard InChI is InChI=1S/C23H15Cl2NO2/c24-20-9-2-1-7-18(20)23(28)26-16-6-3-5-14(12-16)11-15-13-19-17(22(15)27)8-4-10-21(19)25/h1-12H,13H2,(H,26,28). The van der Waals surface area contributed by atoms with Gasteiger partial charge in [0.2, 0.25) is 0 Å². The van der Waals surface area contributed by atoms with Crippen molar-refractivity contribution >= 4 is 46.7 Å². The third-order valence-corrected chi connectivity index (χ3v) is 5.31. The van der Waals surface area contributed by atoms with Crippen molar-refractivity contribution in [3.05, 3.63) is 105 Å². The second kappa shape index (κ2) is 7.63. The van der Waals surface area contributed by atoms with Gasteiger partial charge >= 0.3 is 0 Å². The number of halogens is 2. The second-order valence-electron chi connectivity index (χ2n) is 6.50. The highest BCUT2D eigenvalue weighted by molar-refractivity contribution is 6.34. The van der Waals surface area contributed by atoms with E-state index in [0.29, 0.717) is 38.9 Å². The molecule has 0 aromatic heterocycles. The number of amides is 1. The molecule has 0 fully saturated rings. The van der Waals surface area contributed by atoms with Gasteiger partial charge in [-0.25, -0.2) is 0 Å². The lowest BCUT2D eigenvalue weighted by Crippen LogP contribution is -2.12. The summed E-state index contributed by atoms with van der Waals surface area (Å²) in [5.74, 6) is -0.297. The number of fused-ring (bicyclic) bond motifs is 1. The van der Waals surface area contributed by atoms with Gasteiger partial charge in [-0.15, -0.1) is 0 Å². The van der Waals surface area contributed by atoms with Crippen molar-refractivity contribution in [2.24, 2.45) is 0 Å². The molecule has 3 nitrogen and oxygen atoms in total. The highest BCUT2D eigenvalue weighted by Gasteiger charge is 2.26. The molecule has 138 valence electrons. The Labute approximate surface area is 172 Å². The SMILES string of the molecule is O=C(Nc1cccc(C=C2Cc3c(Cl)cccc3C2=O)c1)c1ccccc1Cl. The first-order valence-corrected chi connectivity index (χ1v) is 9.47. The molecule has 0 saturated heterocycles. The molecular formula is C23H15Cl2NO2. The predicted molar refractivity (Wildman–Crippen MR) is 113 cm³/mol. The molecule has 0 bridgehead atoms. The molecule has 4 rings (SSSR count). The van der Waals surface area contributed by atoms with Crippen LogP contribution in [-0.4, -0.2) is 11.7 Å². The second-order valence-corrected chi connectivity index (χ2v) is 7.32. The smallest absolute Gasteiger partial charge is 0.257 e. The lowest BCUT2D eigenvalue weighted by Gasteiger charge is -2.07. The minimum atomic E-state index is -0.286. The molecule has 0 spiro atoms. The molecule has 1 aliphatic carbocycles. The molecule has 1 N–H and O–H groups in total. The van der Waals surface area contributed by atoms with Crippen molar-refractivity contribution in [1.82, 2.24) is 0 Å². The van der Waals surface area contributed by atoms with Crippen molar-refractivity contribution in [1.29, 1.82) is 0 Å². The van der Waals surface area contributed by atoms with E-state index < -0.39 is 0 Å². The van der Waals surface area contributed by atoms with E-state index >= 15 is 0 Å². The average Bonchev–Trinajstić information content (AvgIpc) is 3.00. The predicted octanol–water partition coefficient (Wildman–Crippen LogP) is 6.07. The molecule has 0 heterocycles. The van der Waals surface area contributed by atoms with Gasteiger partial charge in [0, 0.05) is 28.3 Å². The minimum Gasteiger partial charge on any atom is -0.322 e. The largest absolute Gasteiger partial charge is 0.322 e. The Morgan fingerprint density at radius 1 is 0.929 bits per heavy atom. The van der Waals surface area contributed by atoms with Crippen LogP contribution in [0.1, 0.15) is 31.8 Å². The molecule has 3 aromatic carbocycles. The van der Waals surface area contributed by atoms with Crippen LogP contribution in [0.15, 0.2) is 72.3 Å². The van der Waals surface area contributed by atoms with E-state index in [0.717, 1.165) is 11.1 Å². The third-order valence-electron chi connectivity index (χ3n) is 4.63. The highest BCUT2D eigenvalue weighted by atomic mass is 35.5. The van der Waals surface area contributed by atoms with Gasteiger partial charge in [0.15, 0.2) is 5.78 Å². The van der Waals surface area contributed by atoms with Gasteiger partial charge in [-0.1, -0.05) is 59.6 Å². The van der Waals surface area contributed by atoms with E-state index in [2.05, 4.69) is 5.32 Å². The Morgan fingerprint density at radius 2 is 1.68 bits per heavy atom. The van der Waals surface area contributed by atoms with E-state index in [1.54, 1.807) is 48.5 Å². The normalized spacial score (nSPS) is 14.2. The number of nitrogens with one attached hydrogen (secondary N) is 1. The lowest BCUT2D eigenvalue weighted by atomic mass is 10.1. The molecule has 5 heteroatoms. The molecule has 0 saturated carbocycles. The zero-order valence-electron chi connectivity index (χ0n) is 14.7. The maximum Gasteiger partial charge on any atom is 0.257 e. The van der Waals surface area contributed by atoms with E-state index in [4.69, 9.17) is 23.2 Å². The molecule has 0 unspecified atom stereocenters.